The highest BCUT2D eigenvalue weighted by Gasteiger charge is 2.20. The van der Waals surface area contributed by atoms with Crippen molar-refractivity contribution in [1.82, 2.24) is 15.2 Å². The van der Waals surface area contributed by atoms with Crippen LogP contribution in [-0.2, 0) is 17.6 Å². The summed E-state index contributed by atoms with van der Waals surface area (Å²) in [7, 11) is 3.72. The van der Waals surface area contributed by atoms with Crippen molar-refractivity contribution in [3.05, 3.63) is 66.0 Å². The van der Waals surface area contributed by atoms with Crippen LogP contribution in [0.5, 0.6) is 0 Å². The lowest BCUT2D eigenvalue weighted by atomic mass is 10.0. The molecule has 1 unspecified atom stereocenters. The first-order valence-corrected chi connectivity index (χ1v) is 8.05. The summed E-state index contributed by atoms with van der Waals surface area (Å²) in [6.07, 6.45) is 6.25. The van der Waals surface area contributed by atoms with Gasteiger partial charge in [-0.15, -0.1) is 0 Å². The second kappa shape index (κ2) is 9.06. The summed E-state index contributed by atoms with van der Waals surface area (Å²) in [6.45, 7) is 0.751. The molecular weight excluding hydrogens is 286 g/mol. The highest BCUT2D eigenvalue weighted by molar-refractivity contribution is 5.82. The van der Waals surface area contributed by atoms with E-state index >= 15 is 0 Å². The third-order valence-electron chi connectivity index (χ3n) is 3.99. The van der Waals surface area contributed by atoms with Crippen LogP contribution in [0.4, 0.5) is 0 Å². The first-order valence-electron chi connectivity index (χ1n) is 8.05. The Morgan fingerprint density at radius 3 is 2.57 bits per heavy atom. The zero-order valence-corrected chi connectivity index (χ0v) is 13.9. The Morgan fingerprint density at radius 2 is 1.91 bits per heavy atom. The van der Waals surface area contributed by atoms with Crippen molar-refractivity contribution in [1.29, 1.82) is 0 Å². The van der Waals surface area contributed by atoms with Crippen LogP contribution in [0.15, 0.2) is 54.9 Å². The predicted molar refractivity (Wildman–Crippen MR) is 93.2 cm³/mol. The monoisotopic (exact) mass is 311 g/mol. The number of pyridine rings is 1. The van der Waals surface area contributed by atoms with Crippen molar-refractivity contribution in [2.45, 2.75) is 25.3 Å². The van der Waals surface area contributed by atoms with Crippen LogP contribution in [0.2, 0.25) is 0 Å². The second-order valence-electron chi connectivity index (χ2n) is 5.76. The summed E-state index contributed by atoms with van der Waals surface area (Å²) in [6, 6.07) is 13.9. The normalized spacial score (nSPS) is 11.9. The Bertz CT molecular complexity index is 586. The van der Waals surface area contributed by atoms with Gasteiger partial charge in [0.1, 0.15) is 0 Å². The number of likely N-dealkylation sites (N-methyl/N-ethyl adjacent to an activating group) is 2. The molecule has 1 aromatic heterocycles. The molecule has 1 aromatic carbocycles. The van der Waals surface area contributed by atoms with E-state index in [1.165, 1.54) is 11.1 Å². The van der Waals surface area contributed by atoms with Gasteiger partial charge in [0.25, 0.3) is 0 Å². The Morgan fingerprint density at radius 1 is 1.17 bits per heavy atom. The molecule has 1 heterocycles. The standard InChI is InChI=1S/C19H25N3O/c1-20-18(14-16-8-4-3-5-9-16)19(23)22(2)13-7-11-17-10-6-12-21-15-17/h3-6,8-10,12,15,18,20H,7,11,13-14H2,1-2H3. The van der Waals surface area contributed by atoms with Crippen LogP contribution in [0, 0.1) is 0 Å². The number of aryl methyl sites for hydroxylation is 1. The fourth-order valence-electron chi connectivity index (χ4n) is 2.61. The summed E-state index contributed by atoms with van der Waals surface area (Å²) in [5, 5.41) is 3.14. The number of rotatable bonds is 8. The lowest BCUT2D eigenvalue weighted by molar-refractivity contribution is -0.132. The Hall–Kier alpha value is -2.20. The maximum absolute atomic E-state index is 12.6. The molecule has 1 atom stereocenters. The predicted octanol–water partition coefficient (Wildman–Crippen LogP) is 2.30. The van der Waals surface area contributed by atoms with Crippen molar-refractivity contribution in [2.24, 2.45) is 0 Å². The molecule has 0 bridgehead atoms. The van der Waals surface area contributed by atoms with Crippen molar-refractivity contribution in [3.8, 4) is 0 Å². The molecule has 0 spiro atoms. The van der Waals surface area contributed by atoms with Gasteiger partial charge in [-0.2, -0.15) is 0 Å². The number of carbonyl (C=O) groups is 1. The number of benzene rings is 1. The van der Waals surface area contributed by atoms with Crippen molar-refractivity contribution >= 4 is 5.91 Å². The van der Waals surface area contributed by atoms with E-state index < -0.39 is 0 Å². The molecule has 2 rings (SSSR count). The van der Waals surface area contributed by atoms with Gasteiger partial charge in [-0.1, -0.05) is 36.4 Å². The van der Waals surface area contributed by atoms with Crippen LogP contribution in [0.3, 0.4) is 0 Å². The summed E-state index contributed by atoms with van der Waals surface area (Å²) in [5.74, 6) is 0.141. The van der Waals surface area contributed by atoms with Gasteiger partial charge in [-0.05, 0) is 43.5 Å². The quantitative estimate of drug-likeness (QED) is 0.813. The molecule has 0 saturated carbocycles. The lowest BCUT2D eigenvalue weighted by Gasteiger charge is -2.23. The molecule has 0 fully saturated rings. The Kier molecular flexibility index (Phi) is 6.76. The average Bonchev–Trinajstić information content (AvgIpc) is 2.60. The summed E-state index contributed by atoms with van der Waals surface area (Å²) < 4.78 is 0. The number of carbonyl (C=O) groups excluding carboxylic acids is 1. The minimum Gasteiger partial charge on any atom is -0.344 e. The zero-order chi connectivity index (χ0) is 16.5. The molecule has 1 amide bonds. The van der Waals surface area contributed by atoms with Gasteiger partial charge in [-0.3, -0.25) is 9.78 Å². The molecular formula is C19H25N3O. The molecule has 2 aromatic rings. The molecule has 0 aliphatic rings. The summed E-state index contributed by atoms with van der Waals surface area (Å²) in [5.41, 5.74) is 2.38. The first kappa shape index (κ1) is 17.2. The highest BCUT2D eigenvalue weighted by atomic mass is 16.2. The van der Waals surface area contributed by atoms with E-state index in [9.17, 15) is 4.79 Å². The molecule has 4 nitrogen and oxygen atoms in total. The number of nitrogens with zero attached hydrogens (tertiary/aromatic N) is 2. The molecule has 0 aliphatic carbocycles. The van der Waals surface area contributed by atoms with Gasteiger partial charge in [0.15, 0.2) is 0 Å². The number of hydrogen-bond acceptors (Lipinski definition) is 3. The summed E-state index contributed by atoms with van der Waals surface area (Å²) in [4.78, 5) is 18.5. The lowest BCUT2D eigenvalue weighted by Crippen LogP contribution is -2.45. The van der Waals surface area contributed by atoms with Crippen molar-refractivity contribution < 1.29 is 4.79 Å². The third kappa shape index (κ3) is 5.49. The van der Waals surface area contributed by atoms with Crippen LogP contribution >= 0.6 is 0 Å². The van der Waals surface area contributed by atoms with E-state index in [-0.39, 0.29) is 11.9 Å². The maximum atomic E-state index is 12.6. The Labute approximate surface area is 138 Å². The number of amides is 1. The van der Waals surface area contributed by atoms with Crippen molar-refractivity contribution in [2.75, 3.05) is 20.6 Å². The number of aromatic nitrogens is 1. The number of hydrogen-bond donors (Lipinski definition) is 1. The van der Waals surface area contributed by atoms with Gasteiger partial charge in [0.2, 0.25) is 5.91 Å². The second-order valence-corrected chi connectivity index (χ2v) is 5.76. The van der Waals surface area contributed by atoms with Gasteiger partial charge in [0.05, 0.1) is 6.04 Å². The van der Waals surface area contributed by atoms with E-state index in [0.29, 0.717) is 6.42 Å². The molecule has 1 N–H and O–H groups in total. The minimum atomic E-state index is -0.180. The molecule has 0 saturated heterocycles. The minimum absolute atomic E-state index is 0.141. The van der Waals surface area contributed by atoms with Gasteiger partial charge in [-0.25, -0.2) is 0 Å². The SMILES string of the molecule is CNC(Cc1ccccc1)C(=O)N(C)CCCc1cccnc1. The Balaban J connectivity index is 1.82. The largest absolute Gasteiger partial charge is 0.344 e. The zero-order valence-electron chi connectivity index (χ0n) is 13.9. The van der Waals surface area contributed by atoms with E-state index in [1.54, 1.807) is 6.20 Å². The average molecular weight is 311 g/mol. The van der Waals surface area contributed by atoms with Gasteiger partial charge >= 0.3 is 0 Å². The molecule has 4 heteroatoms. The van der Waals surface area contributed by atoms with E-state index in [4.69, 9.17) is 0 Å². The van der Waals surface area contributed by atoms with Gasteiger partial charge in [0, 0.05) is 26.0 Å². The first-order chi connectivity index (χ1) is 11.2. The third-order valence-corrected chi connectivity index (χ3v) is 3.99. The fraction of sp³-hybridized carbons (Fsp3) is 0.368. The van der Waals surface area contributed by atoms with E-state index in [0.717, 1.165) is 19.4 Å². The smallest absolute Gasteiger partial charge is 0.239 e. The van der Waals surface area contributed by atoms with Crippen LogP contribution in [0.1, 0.15) is 17.5 Å². The molecule has 122 valence electrons. The van der Waals surface area contributed by atoms with E-state index in [1.807, 2.05) is 49.5 Å². The molecule has 0 radical (unpaired) electrons. The topological polar surface area (TPSA) is 45.2 Å². The van der Waals surface area contributed by atoms with E-state index in [2.05, 4.69) is 28.5 Å². The van der Waals surface area contributed by atoms with Crippen LogP contribution in [0.25, 0.3) is 0 Å². The fourth-order valence-corrected chi connectivity index (χ4v) is 2.61. The van der Waals surface area contributed by atoms with Crippen LogP contribution < -0.4 is 5.32 Å². The maximum Gasteiger partial charge on any atom is 0.239 e. The van der Waals surface area contributed by atoms with Gasteiger partial charge < -0.3 is 10.2 Å². The van der Waals surface area contributed by atoms with Crippen molar-refractivity contribution in [3.63, 3.8) is 0 Å². The van der Waals surface area contributed by atoms with Crippen LogP contribution in [-0.4, -0.2) is 42.5 Å². The molecule has 0 aliphatic heterocycles. The number of nitrogens with one attached hydrogen (secondary N) is 1. The highest BCUT2D eigenvalue weighted by Crippen LogP contribution is 2.07. The summed E-state index contributed by atoms with van der Waals surface area (Å²) >= 11 is 0. The molecule has 23 heavy (non-hydrogen) atoms.